The van der Waals surface area contributed by atoms with E-state index in [2.05, 4.69) is 17.7 Å². The molecule has 0 atom stereocenters. The third kappa shape index (κ3) is 2.21. The summed E-state index contributed by atoms with van der Waals surface area (Å²) in [6, 6.07) is 0. The van der Waals surface area contributed by atoms with Gasteiger partial charge in [-0.2, -0.15) is 0 Å². The van der Waals surface area contributed by atoms with Crippen LogP contribution >= 0.6 is 12.8 Å². The molecule has 0 spiro atoms. The number of thiol groups is 1. The van der Waals surface area contributed by atoms with Gasteiger partial charge in [0, 0.05) is 13.1 Å². The molecule has 0 aliphatic carbocycles. The van der Waals surface area contributed by atoms with E-state index in [0.29, 0.717) is 0 Å². The number of amides is 1. The standard InChI is InChI=1S/C11H21N3OS/c12-10(15)11(4-8-14(16)9-5-11)13-6-2-1-3-7-13/h16H,1-9H2,(H2,12,15). The molecular formula is C11H21N3OS. The van der Waals surface area contributed by atoms with E-state index in [1.807, 2.05) is 4.31 Å². The van der Waals surface area contributed by atoms with Crippen molar-refractivity contribution in [2.45, 2.75) is 37.6 Å². The Bertz CT molecular complexity index is 258. The number of carbonyl (C=O) groups excluding carboxylic acids is 1. The second-order valence-corrected chi connectivity index (χ2v) is 5.46. The average molecular weight is 243 g/mol. The highest BCUT2D eigenvalue weighted by atomic mass is 32.1. The third-order valence-corrected chi connectivity index (χ3v) is 4.39. The number of primary amides is 1. The molecule has 5 heteroatoms. The van der Waals surface area contributed by atoms with Gasteiger partial charge in [-0.25, -0.2) is 0 Å². The highest BCUT2D eigenvalue weighted by Gasteiger charge is 2.44. The molecule has 2 heterocycles. The van der Waals surface area contributed by atoms with Crippen LogP contribution in [0.3, 0.4) is 0 Å². The zero-order valence-corrected chi connectivity index (χ0v) is 10.6. The van der Waals surface area contributed by atoms with Crippen molar-refractivity contribution in [2.75, 3.05) is 26.2 Å². The Kier molecular flexibility index (Phi) is 3.77. The molecule has 0 aromatic rings. The number of nitrogens with two attached hydrogens (primary N) is 1. The Hall–Kier alpha value is -0.260. The maximum atomic E-state index is 11.8. The first-order chi connectivity index (χ1) is 7.65. The zero-order valence-electron chi connectivity index (χ0n) is 9.69. The van der Waals surface area contributed by atoms with Crippen molar-refractivity contribution in [2.24, 2.45) is 5.73 Å². The van der Waals surface area contributed by atoms with Gasteiger partial charge >= 0.3 is 0 Å². The fourth-order valence-corrected chi connectivity index (χ4v) is 3.11. The molecule has 0 bridgehead atoms. The first-order valence-corrected chi connectivity index (χ1v) is 6.54. The van der Waals surface area contributed by atoms with Gasteiger partial charge in [-0.15, -0.1) is 0 Å². The van der Waals surface area contributed by atoms with Crippen LogP contribution in [-0.2, 0) is 4.79 Å². The molecule has 2 aliphatic rings. The van der Waals surface area contributed by atoms with E-state index in [1.54, 1.807) is 0 Å². The minimum absolute atomic E-state index is 0.143. The van der Waals surface area contributed by atoms with Gasteiger partial charge in [0.15, 0.2) is 0 Å². The highest BCUT2D eigenvalue weighted by molar-refractivity contribution is 7.77. The van der Waals surface area contributed by atoms with E-state index in [-0.39, 0.29) is 11.4 Å². The summed E-state index contributed by atoms with van der Waals surface area (Å²) in [5.74, 6) is -0.143. The van der Waals surface area contributed by atoms with Crippen LogP contribution in [-0.4, -0.2) is 46.8 Å². The Morgan fingerprint density at radius 1 is 1.06 bits per heavy atom. The quantitative estimate of drug-likeness (QED) is 0.700. The molecule has 16 heavy (non-hydrogen) atoms. The molecule has 0 unspecified atom stereocenters. The van der Waals surface area contributed by atoms with Crippen molar-refractivity contribution in [3.63, 3.8) is 0 Å². The van der Waals surface area contributed by atoms with Crippen LogP contribution in [0.1, 0.15) is 32.1 Å². The van der Waals surface area contributed by atoms with E-state index < -0.39 is 0 Å². The Morgan fingerprint density at radius 3 is 2.12 bits per heavy atom. The molecule has 2 aliphatic heterocycles. The first-order valence-electron chi connectivity index (χ1n) is 6.14. The van der Waals surface area contributed by atoms with Crippen molar-refractivity contribution in [3.05, 3.63) is 0 Å². The Balaban J connectivity index is 2.11. The lowest BCUT2D eigenvalue weighted by Crippen LogP contribution is -2.62. The van der Waals surface area contributed by atoms with Crippen LogP contribution in [0.25, 0.3) is 0 Å². The number of carbonyl (C=O) groups is 1. The lowest BCUT2D eigenvalue weighted by Gasteiger charge is -2.47. The van der Waals surface area contributed by atoms with E-state index in [4.69, 9.17) is 5.73 Å². The predicted octanol–water partition coefficient (Wildman–Crippen LogP) is 0.637. The molecule has 2 N–H and O–H groups in total. The fourth-order valence-electron chi connectivity index (χ4n) is 2.91. The molecule has 4 nitrogen and oxygen atoms in total. The smallest absolute Gasteiger partial charge is 0.238 e. The Labute approximate surface area is 103 Å². The van der Waals surface area contributed by atoms with Gasteiger partial charge in [-0.1, -0.05) is 19.2 Å². The summed E-state index contributed by atoms with van der Waals surface area (Å²) in [5.41, 5.74) is 5.27. The van der Waals surface area contributed by atoms with E-state index in [1.165, 1.54) is 19.3 Å². The lowest BCUT2D eigenvalue weighted by molar-refractivity contribution is -0.134. The minimum atomic E-state index is -0.389. The van der Waals surface area contributed by atoms with Crippen molar-refractivity contribution in [3.8, 4) is 0 Å². The Morgan fingerprint density at radius 2 is 1.62 bits per heavy atom. The van der Waals surface area contributed by atoms with Gasteiger partial charge in [-0.05, 0) is 38.8 Å². The largest absolute Gasteiger partial charge is 0.368 e. The summed E-state index contributed by atoms with van der Waals surface area (Å²) in [4.78, 5) is 14.1. The van der Waals surface area contributed by atoms with Gasteiger partial charge in [0.2, 0.25) is 5.91 Å². The van der Waals surface area contributed by atoms with Crippen molar-refractivity contribution in [1.82, 2.24) is 9.21 Å². The SMILES string of the molecule is NC(=O)C1(N2CCCCC2)CCN(S)CC1. The molecule has 2 rings (SSSR count). The van der Waals surface area contributed by atoms with E-state index in [9.17, 15) is 4.79 Å². The molecule has 0 saturated carbocycles. The minimum Gasteiger partial charge on any atom is -0.368 e. The molecular weight excluding hydrogens is 222 g/mol. The number of rotatable bonds is 2. The molecule has 1 amide bonds. The summed E-state index contributed by atoms with van der Waals surface area (Å²) in [5, 5.41) is 0. The molecule has 0 aromatic heterocycles. The number of piperidine rings is 2. The van der Waals surface area contributed by atoms with Crippen LogP contribution in [0.4, 0.5) is 0 Å². The fraction of sp³-hybridized carbons (Fsp3) is 0.909. The number of nitrogens with zero attached hydrogens (tertiary/aromatic N) is 2. The molecule has 2 saturated heterocycles. The first kappa shape index (κ1) is 12.2. The van der Waals surface area contributed by atoms with Crippen molar-refractivity contribution >= 4 is 18.7 Å². The van der Waals surface area contributed by atoms with Gasteiger partial charge in [0.05, 0.1) is 0 Å². The van der Waals surface area contributed by atoms with E-state index >= 15 is 0 Å². The maximum absolute atomic E-state index is 11.8. The number of hydrogen-bond donors (Lipinski definition) is 2. The van der Waals surface area contributed by atoms with Crippen molar-refractivity contribution < 1.29 is 4.79 Å². The van der Waals surface area contributed by atoms with Crippen molar-refractivity contribution in [1.29, 1.82) is 0 Å². The second-order valence-electron chi connectivity index (χ2n) is 4.90. The summed E-state index contributed by atoms with van der Waals surface area (Å²) in [6.45, 7) is 3.75. The average Bonchev–Trinajstić information content (AvgIpc) is 2.31. The third-order valence-electron chi connectivity index (χ3n) is 3.99. The van der Waals surface area contributed by atoms with E-state index in [0.717, 1.165) is 39.0 Å². The second kappa shape index (κ2) is 4.94. The highest BCUT2D eigenvalue weighted by Crippen LogP contribution is 2.31. The zero-order chi connectivity index (χ0) is 11.6. The van der Waals surface area contributed by atoms with Crippen LogP contribution in [0.5, 0.6) is 0 Å². The topological polar surface area (TPSA) is 49.6 Å². The summed E-state index contributed by atoms with van der Waals surface area (Å²) < 4.78 is 1.98. The monoisotopic (exact) mass is 243 g/mol. The van der Waals surface area contributed by atoms with Gasteiger partial charge < -0.3 is 5.73 Å². The van der Waals surface area contributed by atoms with Crippen LogP contribution < -0.4 is 5.73 Å². The molecule has 0 radical (unpaired) electrons. The number of likely N-dealkylation sites (tertiary alicyclic amines) is 1. The van der Waals surface area contributed by atoms with Crippen LogP contribution in [0, 0.1) is 0 Å². The predicted molar refractivity (Wildman–Crippen MR) is 67.1 cm³/mol. The van der Waals surface area contributed by atoms with Gasteiger partial charge in [0.1, 0.15) is 5.54 Å². The van der Waals surface area contributed by atoms with Crippen LogP contribution in [0.2, 0.25) is 0 Å². The lowest BCUT2D eigenvalue weighted by atomic mass is 9.84. The van der Waals surface area contributed by atoms with Gasteiger partial charge in [-0.3, -0.25) is 14.0 Å². The summed E-state index contributed by atoms with van der Waals surface area (Å²) >= 11 is 4.33. The molecule has 0 aromatic carbocycles. The van der Waals surface area contributed by atoms with Crippen LogP contribution in [0.15, 0.2) is 0 Å². The molecule has 2 fully saturated rings. The summed E-state index contributed by atoms with van der Waals surface area (Å²) in [7, 11) is 0. The molecule has 92 valence electrons. The summed E-state index contributed by atoms with van der Waals surface area (Å²) in [6.07, 6.45) is 5.32. The maximum Gasteiger partial charge on any atom is 0.238 e. The normalized spacial score (nSPS) is 27.8. The number of hydrogen-bond acceptors (Lipinski definition) is 4. The van der Waals surface area contributed by atoms with Gasteiger partial charge in [0.25, 0.3) is 0 Å².